The smallest absolute Gasteiger partial charge is 0.332 e. The molecular weight excluding hydrogens is 306 g/mol. The highest BCUT2D eigenvalue weighted by Gasteiger charge is 2.17. The van der Waals surface area contributed by atoms with Gasteiger partial charge in [-0.1, -0.05) is 0 Å². The Morgan fingerprint density at radius 2 is 1.91 bits per heavy atom. The molecule has 2 aromatic rings. The first-order chi connectivity index (χ1) is 10.8. The molecule has 2 rings (SSSR count). The molecule has 0 unspecified atom stereocenters. The van der Waals surface area contributed by atoms with E-state index in [2.05, 4.69) is 15.0 Å². The molecule has 124 valence electrons. The number of rotatable bonds is 4. The summed E-state index contributed by atoms with van der Waals surface area (Å²) in [7, 11) is 3.97. The van der Waals surface area contributed by atoms with Crippen LogP contribution in [0.3, 0.4) is 0 Å². The average Bonchev–Trinajstić information content (AvgIpc) is 2.54. The molecule has 0 radical (unpaired) electrons. The topological polar surface area (TPSA) is 141 Å². The van der Waals surface area contributed by atoms with Crippen molar-refractivity contribution in [3.8, 4) is 0 Å². The highest BCUT2D eigenvalue weighted by molar-refractivity contribution is 5.82. The molecule has 0 fully saturated rings. The lowest BCUT2D eigenvalue weighted by Crippen LogP contribution is -2.39. The van der Waals surface area contributed by atoms with E-state index >= 15 is 0 Å². The molecular formula is C13H17N5O5. The Morgan fingerprint density at radius 3 is 2.52 bits per heavy atom. The zero-order valence-corrected chi connectivity index (χ0v) is 12.9. The average molecular weight is 323 g/mol. The van der Waals surface area contributed by atoms with E-state index in [0.29, 0.717) is 0 Å². The molecule has 2 heterocycles. The van der Waals surface area contributed by atoms with Gasteiger partial charge in [0.1, 0.15) is 22.5 Å². The van der Waals surface area contributed by atoms with E-state index < -0.39 is 22.6 Å². The number of fused-ring (bicyclic) bond motifs is 1. The number of aryl methyl sites for hydroxylation is 1. The number of pyridine rings is 1. The van der Waals surface area contributed by atoms with Crippen LogP contribution in [0.4, 0.5) is 11.5 Å². The van der Waals surface area contributed by atoms with Gasteiger partial charge in [-0.3, -0.25) is 23.5 Å². The number of ether oxygens (including phenoxy) is 1. The van der Waals surface area contributed by atoms with Gasteiger partial charge in [0, 0.05) is 20.6 Å². The predicted octanol–water partition coefficient (Wildman–Crippen LogP) is -1.52. The van der Waals surface area contributed by atoms with Crippen LogP contribution >= 0.6 is 0 Å². The maximum Gasteiger partial charge on any atom is 0.332 e. The molecule has 0 spiro atoms. The van der Waals surface area contributed by atoms with Crippen LogP contribution in [0, 0.1) is 0 Å². The molecule has 0 aliphatic heterocycles. The number of anilines is 2. The summed E-state index contributed by atoms with van der Waals surface area (Å²) in [4.78, 5) is 50.3. The Kier molecular flexibility index (Phi) is 4.25. The molecule has 0 bridgehead atoms. The number of aromatic amines is 1. The molecule has 2 aromatic heterocycles. The number of methoxy groups -OCH3 is 1. The van der Waals surface area contributed by atoms with Crippen molar-refractivity contribution in [1.29, 1.82) is 0 Å². The minimum atomic E-state index is -0.725. The Labute approximate surface area is 129 Å². The van der Waals surface area contributed by atoms with Gasteiger partial charge in [-0.2, -0.15) is 0 Å². The standard InChI is InChI=1S/C13H17N5O5/c1-17-11-7(12(21)18(2)13(17)22)9(20)8(14)10(16-11)15-5-4-6(19)23-3/h4-5,14H2,1-3H3,(H2,15,16,20). The first-order valence-electron chi connectivity index (χ1n) is 6.71. The van der Waals surface area contributed by atoms with E-state index in [1.165, 1.54) is 21.2 Å². The number of aromatic nitrogens is 3. The third kappa shape index (κ3) is 2.70. The summed E-state index contributed by atoms with van der Waals surface area (Å²) in [5.74, 6) is -0.296. The summed E-state index contributed by atoms with van der Waals surface area (Å²) in [6.07, 6.45) is 0.0610. The van der Waals surface area contributed by atoms with Crippen LogP contribution < -0.4 is 27.7 Å². The van der Waals surface area contributed by atoms with Gasteiger partial charge in [-0.25, -0.2) is 4.79 Å². The Hall–Kier alpha value is -3.04. The van der Waals surface area contributed by atoms with Gasteiger partial charge in [0.2, 0.25) is 5.43 Å². The number of hydrogen-bond acceptors (Lipinski definition) is 7. The molecule has 0 aromatic carbocycles. The third-order valence-electron chi connectivity index (χ3n) is 3.51. The molecule has 10 heteroatoms. The van der Waals surface area contributed by atoms with E-state index in [-0.39, 0.29) is 35.5 Å². The molecule has 0 atom stereocenters. The maximum atomic E-state index is 12.3. The van der Waals surface area contributed by atoms with Crippen LogP contribution in [0.15, 0.2) is 14.4 Å². The zero-order valence-electron chi connectivity index (χ0n) is 12.9. The summed E-state index contributed by atoms with van der Waals surface area (Å²) >= 11 is 0. The van der Waals surface area contributed by atoms with Gasteiger partial charge in [0.25, 0.3) is 5.56 Å². The van der Waals surface area contributed by atoms with Gasteiger partial charge < -0.3 is 20.8 Å². The molecule has 0 saturated carbocycles. The summed E-state index contributed by atoms with van der Waals surface area (Å²) in [6.45, 7) is 0.164. The van der Waals surface area contributed by atoms with Crippen molar-refractivity contribution in [2.75, 3.05) is 24.7 Å². The fourth-order valence-corrected chi connectivity index (χ4v) is 2.16. The number of nitrogens with two attached hydrogens (primary N) is 1. The van der Waals surface area contributed by atoms with Crippen LogP contribution in [0.2, 0.25) is 0 Å². The van der Waals surface area contributed by atoms with Gasteiger partial charge >= 0.3 is 11.7 Å². The monoisotopic (exact) mass is 323 g/mol. The molecule has 0 amide bonds. The van der Waals surface area contributed by atoms with Gasteiger partial charge in [-0.15, -0.1) is 0 Å². The van der Waals surface area contributed by atoms with Crippen LogP contribution in [-0.4, -0.2) is 33.7 Å². The second-order valence-corrected chi connectivity index (χ2v) is 4.93. The molecule has 0 aliphatic carbocycles. The minimum absolute atomic E-state index is 0.0536. The van der Waals surface area contributed by atoms with Gasteiger partial charge in [-0.05, 0) is 0 Å². The largest absolute Gasteiger partial charge is 0.469 e. The number of carbonyl (C=O) groups excluding carboxylic acids is 1. The van der Waals surface area contributed by atoms with E-state index in [0.717, 1.165) is 9.13 Å². The number of nitrogens with zero attached hydrogens (tertiary/aromatic N) is 2. The number of H-pyrrole nitrogens is 1. The molecule has 0 saturated heterocycles. The van der Waals surface area contributed by atoms with Crippen molar-refractivity contribution in [1.82, 2.24) is 14.1 Å². The lowest BCUT2D eigenvalue weighted by molar-refractivity contribution is -0.140. The summed E-state index contributed by atoms with van der Waals surface area (Å²) < 4.78 is 6.48. The number of nitrogen functional groups attached to an aromatic ring is 1. The number of carbonyl (C=O) groups is 1. The van der Waals surface area contributed by atoms with E-state index in [4.69, 9.17) is 5.73 Å². The highest BCUT2D eigenvalue weighted by atomic mass is 16.5. The fourth-order valence-electron chi connectivity index (χ4n) is 2.16. The van der Waals surface area contributed by atoms with E-state index in [9.17, 15) is 19.2 Å². The minimum Gasteiger partial charge on any atom is -0.469 e. The molecule has 23 heavy (non-hydrogen) atoms. The number of hydrogen-bond donors (Lipinski definition) is 3. The Bertz CT molecular complexity index is 952. The summed E-state index contributed by atoms with van der Waals surface area (Å²) in [5, 5.41) is 2.58. The highest BCUT2D eigenvalue weighted by Crippen LogP contribution is 2.14. The van der Waals surface area contributed by atoms with Gasteiger partial charge in [0.05, 0.1) is 13.5 Å². The van der Waals surface area contributed by atoms with Crippen molar-refractivity contribution in [3.63, 3.8) is 0 Å². The third-order valence-corrected chi connectivity index (χ3v) is 3.51. The van der Waals surface area contributed by atoms with Crippen molar-refractivity contribution in [2.45, 2.75) is 6.42 Å². The van der Waals surface area contributed by atoms with Gasteiger partial charge in [0.15, 0.2) is 0 Å². The molecule has 0 aliphatic rings. The van der Waals surface area contributed by atoms with Crippen LogP contribution in [0.25, 0.3) is 11.0 Å². The lowest BCUT2D eigenvalue weighted by atomic mass is 10.2. The van der Waals surface area contributed by atoms with Crippen molar-refractivity contribution in [3.05, 3.63) is 31.1 Å². The summed E-state index contributed by atoms with van der Waals surface area (Å²) in [6, 6.07) is 0. The van der Waals surface area contributed by atoms with Crippen molar-refractivity contribution in [2.24, 2.45) is 14.1 Å². The molecule has 4 N–H and O–H groups in total. The summed E-state index contributed by atoms with van der Waals surface area (Å²) in [5.41, 5.74) is 3.61. The second-order valence-electron chi connectivity index (χ2n) is 4.93. The first kappa shape index (κ1) is 16.3. The first-order valence-corrected chi connectivity index (χ1v) is 6.71. The van der Waals surface area contributed by atoms with Crippen LogP contribution in [0.1, 0.15) is 6.42 Å². The zero-order chi connectivity index (χ0) is 17.3. The maximum absolute atomic E-state index is 12.3. The van der Waals surface area contributed by atoms with Crippen LogP contribution in [-0.2, 0) is 23.6 Å². The van der Waals surface area contributed by atoms with Crippen LogP contribution in [0.5, 0.6) is 0 Å². The predicted molar refractivity (Wildman–Crippen MR) is 84.6 cm³/mol. The SMILES string of the molecule is COC(=O)CCNc1[nH]c2c(c(=O)c1N)c(=O)n(C)c(=O)n2C. The quantitative estimate of drug-likeness (QED) is 0.580. The normalized spacial score (nSPS) is 10.7. The van der Waals surface area contributed by atoms with Crippen molar-refractivity contribution >= 4 is 28.5 Å². The number of nitrogens with one attached hydrogen (secondary N) is 2. The lowest BCUT2D eigenvalue weighted by Gasteiger charge is -2.12. The van der Waals surface area contributed by atoms with Crippen molar-refractivity contribution < 1.29 is 9.53 Å². The second kappa shape index (κ2) is 5.99. The van der Waals surface area contributed by atoms with E-state index in [1.807, 2.05) is 0 Å². The Balaban J connectivity index is 2.60. The fraction of sp³-hybridized carbons (Fsp3) is 0.385. The number of esters is 1. The van der Waals surface area contributed by atoms with E-state index in [1.54, 1.807) is 0 Å². The molecule has 10 nitrogen and oxygen atoms in total. The Morgan fingerprint density at radius 1 is 1.26 bits per heavy atom.